The molecule has 0 heterocycles. The molecule has 0 bridgehead atoms. The third-order valence-electron chi connectivity index (χ3n) is 1.87. The molecule has 0 aromatic heterocycles. The molecule has 0 saturated heterocycles. The standard InChI is InChI=1S/C9H20Si3/c1-3-4-5-6-7-8-9-11-12-10-2/h3-9H2,1-2H3. The number of rotatable bonds is 9. The van der Waals surface area contributed by atoms with Crippen LogP contribution in [0.15, 0.2) is 0 Å². The van der Waals surface area contributed by atoms with Crippen LogP contribution in [0.2, 0.25) is 12.6 Å². The van der Waals surface area contributed by atoms with E-state index in [0.717, 1.165) is 0 Å². The van der Waals surface area contributed by atoms with E-state index in [2.05, 4.69) is 13.5 Å². The molecule has 0 aliphatic heterocycles. The molecule has 0 aromatic carbocycles. The molecule has 68 valence electrons. The van der Waals surface area contributed by atoms with Crippen molar-refractivity contribution in [2.45, 2.75) is 58.0 Å². The highest BCUT2D eigenvalue weighted by molar-refractivity contribution is 7.29. The molecule has 0 aliphatic rings. The average Bonchev–Trinajstić information content (AvgIpc) is 2.10. The van der Waals surface area contributed by atoms with Crippen LogP contribution in [-0.4, -0.2) is 26.6 Å². The van der Waals surface area contributed by atoms with Crippen molar-refractivity contribution in [3.8, 4) is 0 Å². The second kappa shape index (κ2) is 11.7. The summed E-state index contributed by atoms with van der Waals surface area (Å²) in [4.78, 5) is 0. The molecule has 3 heteroatoms. The summed E-state index contributed by atoms with van der Waals surface area (Å²) in [5, 5.41) is 0. The van der Waals surface area contributed by atoms with Crippen molar-refractivity contribution in [3.05, 3.63) is 0 Å². The van der Waals surface area contributed by atoms with Gasteiger partial charge in [0.05, 0.1) is 0 Å². The molecule has 0 spiro atoms. The second-order valence-electron chi connectivity index (χ2n) is 3.07. The lowest BCUT2D eigenvalue weighted by Crippen LogP contribution is -2.08. The van der Waals surface area contributed by atoms with Gasteiger partial charge in [-0.15, -0.1) is 0 Å². The molecule has 0 fully saturated rings. The first-order valence-corrected chi connectivity index (χ1v) is 10.8. The average molecular weight is 213 g/mol. The Morgan fingerprint density at radius 2 is 1.58 bits per heavy atom. The summed E-state index contributed by atoms with van der Waals surface area (Å²) in [5.41, 5.74) is 0. The SMILES string of the molecule is CCCCCCCC[Si][Si][Si]C. The lowest BCUT2D eigenvalue weighted by Gasteiger charge is -1.98. The molecule has 0 aromatic rings. The Morgan fingerprint density at radius 1 is 0.917 bits per heavy atom. The normalized spacial score (nSPS) is 10.5. The second-order valence-corrected chi connectivity index (χ2v) is 10.2. The summed E-state index contributed by atoms with van der Waals surface area (Å²) >= 11 is 0. The van der Waals surface area contributed by atoms with Gasteiger partial charge in [0.15, 0.2) is 0 Å². The zero-order valence-electron chi connectivity index (χ0n) is 8.45. The highest BCUT2D eigenvalue weighted by atomic mass is 29.5. The topological polar surface area (TPSA) is 0 Å². The van der Waals surface area contributed by atoms with Gasteiger partial charge in [0.1, 0.15) is 0 Å². The van der Waals surface area contributed by atoms with Crippen molar-refractivity contribution in [2.24, 2.45) is 0 Å². The molecule has 0 saturated carbocycles. The van der Waals surface area contributed by atoms with Crippen molar-refractivity contribution in [2.75, 3.05) is 0 Å². The summed E-state index contributed by atoms with van der Waals surface area (Å²) < 4.78 is 0. The minimum atomic E-state index is 1.21. The fraction of sp³-hybridized carbons (Fsp3) is 1.00. The third-order valence-corrected chi connectivity index (χ3v) is 8.77. The van der Waals surface area contributed by atoms with E-state index < -0.39 is 0 Å². The molecule has 0 N–H and O–H groups in total. The Balaban J connectivity index is 2.73. The highest BCUT2D eigenvalue weighted by Crippen LogP contribution is 2.06. The minimum Gasteiger partial charge on any atom is -0.0761 e. The summed E-state index contributed by atoms with van der Waals surface area (Å²) in [6, 6.07) is 1.52. The van der Waals surface area contributed by atoms with Gasteiger partial charge < -0.3 is 0 Å². The molecule has 0 nitrogen and oxygen atoms in total. The van der Waals surface area contributed by atoms with E-state index in [1.807, 2.05) is 0 Å². The Kier molecular flexibility index (Phi) is 12.3. The van der Waals surface area contributed by atoms with Crippen LogP contribution in [0.3, 0.4) is 0 Å². The van der Waals surface area contributed by atoms with E-state index >= 15 is 0 Å². The maximum absolute atomic E-state index is 2.33. The molecule has 0 aliphatic carbocycles. The van der Waals surface area contributed by atoms with Gasteiger partial charge in [0, 0.05) is 26.6 Å². The van der Waals surface area contributed by atoms with Crippen molar-refractivity contribution in [1.29, 1.82) is 0 Å². The van der Waals surface area contributed by atoms with Gasteiger partial charge in [-0.3, -0.25) is 0 Å². The fourth-order valence-corrected chi connectivity index (χ4v) is 6.02. The molecule has 0 unspecified atom stereocenters. The fourth-order valence-electron chi connectivity index (χ4n) is 1.14. The van der Waals surface area contributed by atoms with E-state index in [1.54, 1.807) is 0 Å². The quantitative estimate of drug-likeness (QED) is 0.407. The van der Waals surface area contributed by atoms with Gasteiger partial charge in [-0.2, -0.15) is 0 Å². The summed E-state index contributed by atoms with van der Waals surface area (Å²) in [6.45, 7) is 4.61. The van der Waals surface area contributed by atoms with Gasteiger partial charge in [0.2, 0.25) is 0 Å². The van der Waals surface area contributed by atoms with Crippen LogP contribution >= 0.6 is 0 Å². The van der Waals surface area contributed by atoms with Crippen molar-refractivity contribution in [1.82, 2.24) is 0 Å². The minimum absolute atomic E-state index is 1.21. The Labute approximate surface area is 85.0 Å². The monoisotopic (exact) mass is 212 g/mol. The Hall–Kier alpha value is 0.651. The summed E-state index contributed by atoms with van der Waals surface area (Å²) in [7, 11) is 3.78. The van der Waals surface area contributed by atoms with Crippen LogP contribution in [0.4, 0.5) is 0 Å². The highest BCUT2D eigenvalue weighted by Gasteiger charge is 1.91. The van der Waals surface area contributed by atoms with Crippen LogP contribution in [0.1, 0.15) is 45.4 Å². The predicted octanol–water partition coefficient (Wildman–Crippen LogP) is 2.76. The zero-order chi connectivity index (χ0) is 9.07. The van der Waals surface area contributed by atoms with Crippen molar-refractivity contribution >= 4 is 26.6 Å². The Bertz CT molecular complexity index is 66.2. The smallest absolute Gasteiger partial charge is 0.0183 e. The first-order valence-electron chi connectivity index (χ1n) is 5.06. The van der Waals surface area contributed by atoms with E-state index in [9.17, 15) is 0 Å². The van der Waals surface area contributed by atoms with Crippen LogP contribution in [-0.2, 0) is 0 Å². The number of hydrogen-bond acceptors (Lipinski definition) is 0. The van der Waals surface area contributed by atoms with Gasteiger partial charge in [-0.05, 0) is 0 Å². The third kappa shape index (κ3) is 10.7. The molecule has 0 amide bonds. The first-order chi connectivity index (χ1) is 5.91. The summed E-state index contributed by atoms with van der Waals surface area (Å²) in [6.07, 6.45) is 8.76. The number of hydrogen-bond donors (Lipinski definition) is 0. The van der Waals surface area contributed by atoms with Crippen molar-refractivity contribution in [3.63, 3.8) is 0 Å². The molecule has 12 heavy (non-hydrogen) atoms. The lowest BCUT2D eigenvalue weighted by atomic mass is 10.1. The van der Waals surface area contributed by atoms with Crippen molar-refractivity contribution < 1.29 is 0 Å². The lowest BCUT2D eigenvalue weighted by molar-refractivity contribution is 0.624. The van der Waals surface area contributed by atoms with E-state index in [0.29, 0.717) is 0 Å². The predicted molar refractivity (Wildman–Crippen MR) is 61.3 cm³/mol. The van der Waals surface area contributed by atoms with Gasteiger partial charge >= 0.3 is 0 Å². The Morgan fingerprint density at radius 3 is 2.25 bits per heavy atom. The van der Waals surface area contributed by atoms with Crippen LogP contribution in [0.25, 0.3) is 0 Å². The van der Waals surface area contributed by atoms with Gasteiger partial charge in [-0.1, -0.05) is 58.0 Å². The maximum atomic E-state index is 2.33. The van der Waals surface area contributed by atoms with E-state index in [1.165, 1.54) is 71.2 Å². The molecular formula is C9H20Si3. The maximum Gasteiger partial charge on any atom is 0.0183 e. The zero-order valence-corrected chi connectivity index (χ0v) is 11.4. The molecule has 6 radical (unpaired) electrons. The van der Waals surface area contributed by atoms with Gasteiger partial charge in [-0.25, -0.2) is 0 Å². The van der Waals surface area contributed by atoms with E-state index in [4.69, 9.17) is 0 Å². The van der Waals surface area contributed by atoms with Crippen LogP contribution in [0.5, 0.6) is 0 Å². The van der Waals surface area contributed by atoms with Crippen LogP contribution < -0.4 is 0 Å². The number of unbranched alkanes of at least 4 members (excludes halogenated alkanes) is 5. The molecule has 0 rings (SSSR count). The largest absolute Gasteiger partial charge is 0.0761 e. The van der Waals surface area contributed by atoms with Gasteiger partial charge in [0.25, 0.3) is 0 Å². The van der Waals surface area contributed by atoms with Crippen LogP contribution in [0, 0.1) is 0 Å². The first kappa shape index (κ1) is 12.7. The van der Waals surface area contributed by atoms with E-state index in [-0.39, 0.29) is 0 Å². The molecular weight excluding hydrogens is 192 g/mol. The molecule has 0 atom stereocenters. The summed E-state index contributed by atoms with van der Waals surface area (Å²) in [5.74, 6) is 0.